The Hall–Kier alpha value is -0.0497. The fourth-order valence-corrected chi connectivity index (χ4v) is 1.76. The summed E-state index contributed by atoms with van der Waals surface area (Å²) in [5, 5.41) is 8.37. The van der Waals surface area contributed by atoms with Crippen LogP contribution in [0.1, 0.15) is 71.1 Å². The molecule has 0 saturated carbocycles. The van der Waals surface area contributed by atoms with Crippen molar-refractivity contribution in [3.05, 3.63) is 12.2 Å². The number of hydrogen-bond donors (Lipinski definition) is 1. The van der Waals surface area contributed by atoms with E-state index in [1.807, 2.05) is 0 Å². The molecule has 0 aliphatic rings. The predicted molar refractivity (Wildman–Crippen MR) is 68.6 cm³/mol. The molecule has 1 radical (unpaired) electrons. The summed E-state index contributed by atoms with van der Waals surface area (Å²) in [5.41, 5.74) is 0. The van der Waals surface area contributed by atoms with Gasteiger partial charge in [-0.2, -0.15) is 0 Å². The number of carboxylic acids is 1. The number of unbranched alkanes of at least 4 members (excludes halogenated alkanes) is 9. The van der Waals surface area contributed by atoms with Crippen LogP contribution in [0.5, 0.6) is 0 Å². The van der Waals surface area contributed by atoms with Gasteiger partial charge in [-0.15, -0.1) is 0 Å². The van der Waals surface area contributed by atoms with Crippen molar-refractivity contribution in [1.82, 2.24) is 0 Å². The summed E-state index contributed by atoms with van der Waals surface area (Å²) in [4.78, 5) is 10.2. The first-order chi connectivity index (χ1) is 7.77. The Kier molecular flexibility index (Phi) is 18.1. The molecule has 0 aromatic heterocycles. The van der Waals surface area contributed by atoms with E-state index in [-0.39, 0.29) is 22.4 Å². The van der Waals surface area contributed by atoms with Gasteiger partial charge in [0.2, 0.25) is 0 Å². The molecule has 0 aliphatic heterocycles. The molecule has 17 heavy (non-hydrogen) atoms. The van der Waals surface area contributed by atoms with Crippen molar-refractivity contribution < 1.29 is 32.3 Å². The van der Waals surface area contributed by atoms with E-state index in [1.165, 1.54) is 57.4 Å². The molecule has 1 N–H and O–H groups in total. The quantitative estimate of drug-likeness (QED) is 0.342. The SMILES string of the molecule is CCCCCCCCCCCC=CC(=O)O.[Ag]. The van der Waals surface area contributed by atoms with Gasteiger partial charge in [0.05, 0.1) is 0 Å². The van der Waals surface area contributed by atoms with E-state index in [9.17, 15) is 4.79 Å². The Morgan fingerprint density at radius 3 is 1.88 bits per heavy atom. The molecule has 2 nitrogen and oxygen atoms in total. The summed E-state index contributed by atoms with van der Waals surface area (Å²) in [6.07, 6.45) is 15.7. The Morgan fingerprint density at radius 1 is 0.941 bits per heavy atom. The van der Waals surface area contributed by atoms with Crippen LogP contribution in [-0.4, -0.2) is 11.1 Å². The van der Waals surface area contributed by atoms with Gasteiger partial charge in [0.15, 0.2) is 0 Å². The van der Waals surface area contributed by atoms with Crippen molar-refractivity contribution in [3.63, 3.8) is 0 Å². The normalized spacial score (nSPS) is 10.4. The van der Waals surface area contributed by atoms with Crippen LogP contribution in [0.2, 0.25) is 0 Å². The second kappa shape index (κ2) is 16.0. The van der Waals surface area contributed by atoms with Crippen LogP contribution in [0.15, 0.2) is 12.2 Å². The van der Waals surface area contributed by atoms with Crippen LogP contribution in [0.3, 0.4) is 0 Å². The van der Waals surface area contributed by atoms with E-state index in [0.29, 0.717) is 0 Å². The van der Waals surface area contributed by atoms with Crippen molar-refractivity contribution in [2.24, 2.45) is 0 Å². The molecule has 0 saturated heterocycles. The van der Waals surface area contributed by atoms with Gasteiger partial charge in [0, 0.05) is 28.5 Å². The zero-order valence-electron chi connectivity index (χ0n) is 10.9. The van der Waals surface area contributed by atoms with Crippen LogP contribution in [0, 0.1) is 0 Å². The summed E-state index contributed by atoms with van der Waals surface area (Å²) in [5.74, 6) is -0.837. The average Bonchev–Trinajstić information content (AvgIpc) is 2.25. The molecular weight excluding hydrogens is 308 g/mol. The third kappa shape index (κ3) is 18.5. The number of rotatable bonds is 11. The third-order valence-electron chi connectivity index (χ3n) is 2.73. The molecule has 0 aliphatic carbocycles. The van der Waals surface area contributed by atoms with Crippen molar-refractivity contribution in [3.8, 4) is 0 Å². The second-order valence-corrected chi connectivity index (χ2v) is 4.36. The van der Waals surface area contributed by atoms with Crippen LogP contribution in [-0.2, 0) is 27.2 Å². The molecule has 0 rings (SSSR count). The number of carboxylic acid groups (broad SMARTS) is 1. The molecule has 0 unspecified atom stereocenters. The Labute approximate surface area is 121 Å². The Balaban J connectivity index is 0. The van der Waals surface area contributed by atoms with Crippen LogP contribution >= 0.6 is 0 Å². The van der Waals surface area contributed by atoms with Crippen molar-refractivity contribution >= 4 is 5.97 Å². The number of allylic oxidation sites excluding steroid dienone is 1. The molecule has 0 aromatic rings. The smallest absolute Gasteiger partial charge is 0.327 e. The van der Waals surface area contributed by atoms with E-state index >= 15 is 0 Å². The summed E-state index contributed by atoms with van der Waals surface area (Å²) < 4.78 is 0. The minimum absolute atomic E-state index is 0. The molecule has 0 aromatic carbocycles. The molecular formula is C14H26AgO2. The minimum atomic E-state index is -0.837. The maximum Gasteiger partial charge on any atom is 0.327 e. The zero-order chi connectivity index (χ0) is 12.1. The Morgan fingerprint density at radius 2 is 1.41 bits per heavy atom. The largest absolute Gasteiger partial charge is 0.478 e. The van der Waals surface area contributed by atoms with E-state index in [2.05, 4.69) is 6.92 Å². The molecule has 0 amide bonds. The number of carbonyl (C=O) groups is 1. The fourth-order valence-electron chi connectivity index (χ4n) is 1.76. The molecule has 0 spiro atoms. The van der Waals surface area contributed by atoms with E-state index in [4.69, 9.17) is 5.11 Å². The van der Waals surface area contributed by atoms with Gasteiger partial charge in [-0.05, 0) is 12.8 Å². The molecule has 105 valence electrons. The van der Waals surface area contributed by atoms with Gasteiger partial charge in [0.1, 0.15) is 0 Å². The van der Waals surface area contributed by atoms with Gasteiger partial charge >= 0.3 is 5.97 Å². The third-order valence-corrected chi connectivity index (χ3v) is 2.73. The van der Waals surface area contributed by atoms with Crippen LogP contribution in [0.4, 0.5) is 0 Å². The first kappa shape index (κ1) is 19.3. The fraction of sp³-hybridized carbons (Fsp3) is 0.786. The van der Waals surface area contributed by atoms with Gasteiger partial charge < -0.3 is 5.11 Å². The van der Waals surface area contributed by atoms with Crippen molar-refractivity contribution in [2.75, 3.05) is 0 Å². The molecule has 0 atom stereocenters. The maximum absolute atomic E-state index is 10.2. The maximum atomic E-state index is 10.2. The average molecular weight is 334 g/mol. The molecule has 0 bridgehead atoms. The first-order valence-corrected chi connectivity index (χ1v) is 6.67. The Bertz CT molecular complexity index is 191. The van der Waals surface area contributed by atoms with Gasteiger partial charge in [-0.3, -0.25) is 0 Å². The molecule has 0 fully saturated rings. The van der Waals surface area contributed by atoms with Gasteiger partial charge in [-0.1, -0.05) is 64.4 Å². The zero-order valence-corrected chi connectivity index (χ0v) is 12.4. The van der Waals surface area contributed by atoms with Crippen molar-refractivity contribution in [2.45, 2.75) is 71.1 Å². The van der Waals surface area contributed by atoms with E-state index in [0.717, 1.165) is 12.8 Å². The van der Waals surface area contributed by atoms with Gasteiger partial charge in [-0.25, -0.2) is 4.79 Å². The second-order valence-electron chi connectivity index (χ2n) is 4.36. The standard InChI is InChI=1S/C14H26O2.Ag/c1-2-3-4-5-6-7-8-9-10-11-12-13-14(15)16;/h12-13H,2-11H2,1H3,(H,15,16);. The molecule has 3 heteroatoms. The van der Waals surface area contributed by atoms with E-state index < -0.39 is 5.97 Å². The van der Waals surface area contributed by atoms with E-state index in [1.54, 1.807) is 6.08 Å². The number of aliphatic carboxylic acids is 1. The van der Waals surface area contributed by atoms with Gasteiger partial charge in [0.25, 0.3) is 0 Å². The predicted octanol–water partition coefficient (Wildman–Crippen LogP) is 4.55. The van der Waals surface area contributed by atoms with Crippen LogP contribution < -0.4 is 0 Å². The summed E-state index contributed by atoms with van der Waals surface area (Å²) in [6.45, 7) is 2.24. The minimum Gasteiger partial charge on any atom is -0.478 e. The summed E-state index contributed by atoms with van der Waals surface area (Å²) >= 11 is 0. The first-order valence-electron chi connectivity index (χ1n) is 6.67. The monoisotopic (exact) mass is 333 g/mol. The van der Waals surface area contributed by atoms with Crippen molar-refractivity contribution in [1.29, 1.82) is 0 Å². The summed E-state index contributed by atoms with van der Waals surface area (Å²) in [6, 6.07) is 0. The summed E-state index contributed by atoms with van der Waals surface area (Å²) in [7, 11) is 0. The topological polar surface area (TPSA) is 37.3 Å². The molecule has 0 heterocycles. The van der Waals surface area contributed by atoms with Crippen LogP contribution in [0.25, 0.3) is 0 Å². The number of hydrogen-bond acceptors (Lipinski definition) is 1.